The first kappa shape index (κ1) is 25.0. The third kappa shape index (κ3) is 4.34. The van der Waals surface area contributed by atoms with E-state index in [4.69, 9.17) is 14.2 Å². The Morgan fingerprint density at radius 3 is 2.44 bits per heavy atom. The van der Waals surface area contributed by atoms with Gasteiger partial charge in [0, 0.05) is 18.4 Å². The van der Waals surface area contributed by atoms with Crippen LogP contribution in [0.4, 0.5) is 0 Å². The summed E-state index contributed by atoms with van der Waals surface area (Å²) < 4.78 is 17.1. The Morgan fingerprint density at radius 2 is 1.79 bits per heavy atom. The monoisotopic (exact) mass is 474 g/mol. The quantitative estimate of drug-likeness (QED) is 0.444. The van der Waals surface area contributed by atoms with Gasteiger partial charge < -0.3 is 29.5 Å². The Bertz CT molecular complexity index is 980. The Balaban J connectivity index is 1.84. The van der Waals surface area contributed by atoms with Crippen LogP contribution >= 0.6 is 0 Å². The van der Waals surface area contributed by atoms with Crippen LogP contribution in [0.3, 0.4) is 0 Å². The van der Waals surface area contributed by atoms with Crippen molar-refractivity contribution in [3.05, 3.63) is 33.9 Å². The minimum atomic E-state index is -1.36. The SMILES string of the molecule is CC(=O)O[C@@H]1[C@H](Oc2c(C)c3c4c(c2O)[C@@H](C)CC[C@@H]4[C@@H](C)C[C@H]3C=C(C)C)OC[C@@H](O)[C@H]1O. The molecule has 0 amide bonds. The maximum absolute atomic E-state index is 11.7. The number of ether oxygens (including phenoxy) is 3. The van der Waals surface area contributed by atoms with Gasteiger partial charge in [0.2, 0.25) is 6.29 Å². The van der Waals surface area contributed by atoms with E-state index in [2.05, 4.69) is 33.8 Å². The number of allylic oxidation sites excluding steroid dienone is 2. The Hall–Kier alpha value is -2.09. The average molecular weight is 475 g/mol. The van der Waals surface area contributed by atoms with Crippen LogP contribution in [-0.2, 0) is 14.3 Å². The minimum Gasteiger partial charge on any atom is -0.504 e. The predicted molar refractivity (Wildman–Crippen MR) is 127 cm³/mol. The van der Waals surface area contributed by atoms with Crippen LogP contribution in [-0.4, -0.2) is 52.5 Å². The van der Waals surface area contributed by atoms with E-state index in [1.807, 2.05) is 6.92 Å². The molecule has 7 heteroatoms. The highest BCUT2D eigenvalue weighted by Gasteiger charge is 2.45. The molecule has 1 aromatic carbocycles. The summed E-state index contributed by atoms with van der Waals surface area (Å²) in [6.07, 6.45) is 0.495. The molecule has 4 rings (SSSR count). The molecule has 1 saturated heterocycles. The average Bonchev–Trinajstić information content (AvgIpc) is 2.74. The lowest BCUT2D eigenvalue weighted by atomic mass is 9.62. The van der Waals surface area contributed by atoms with Gasteiger partial charge in [0.1, 0.15) is 12.2 Å². The van der Waals surface area contributed by atoms with E-state index < -0.39 is 30.6 Å². The van der Waals surface area contributed by atoms with Gasteiger partial charge in [-0.15, -0.1) is 0 Å². The third-order valence-electron chi connectivity index (χ3n) is 7.75. The predicted octanol–water partition coefficient (Wildman–Crippen LogP) is 4.16. The zero-order valence-electron chi connectivity index (χ0n) is 21.0. The Kier molecular flexibility index (Phi) is 7.00. The molecular weight excluding hydrogens is 436 g/mol. The van der Waals surface area contributed by atoms with Crippen LogP contribution in [0.1, 0.15) is 93.9 Å². The molecule has 34 heavy (non-hydrogen) atoms. The van der Waals surface area contributed by atoms with Crippen molar-refractivity contribution < 1.29 is 34.3 Å². The molecule has 0 spiro atoms. The Labute approximate surface area is 201 Å². The number of carbonyl (C=O) groups excluding carboxylic acids is 1. The number of aliphatic hydroxyl groups is 2. The van der Waals surface area contributed by atoms with E-state index in [1.54, 1.807) is 0 Å². The summed E-state index contributed by atoms with van der Waals surface area (Å²) in [6, 6.07) is 0. The molecule has 1 fully saturated rings. The lowest BCUT2D eigenvalue weighted by Crippen LogP contribution is -2.56. The summed E-state index contributed by atoms with van der Waals surface area (Å²) >= 11 is 0. The highest BCUT2D eigenvalue weighted by atomic mass is 16.7. The molecule has 3 aliphatic rings. The number of aromatic hydroxyl groups is 1. The molecule has 1 aromatic rings. The summed E-state index contributed by atoms with van der Waals surface area (Å²) in [4.78, 5) is 11.7. The summed E-state index contributed by atoms with van der Waals surface area (Å²) in [7, 11) is 0. The number of phenols is 1. The van der Waals surface area contributed by atoms with Gasteiger partial charge in [-0.2, -0.15) is 0 Å². The standard InChI is InChI=1S/C27H38O7/c1-12(2)9-17-10-14(4)18-8-7-13(3)20-22(18)21(17)15(5)25(24(20)31)34-27-26(33-16(6)28)23(30)19(29)11-32-27/h9,13-14,17-19,23,26-27,29-31H,7-8,10-11H2,1-6H3/t13-,14-,17+,18+,19+,23+,26-,27-/m0/s1. The molecule has 0 aromatic heterocycles. The van der Waals surface area contributed by atoms with Crippen molar-refractivity contribution in [2.45, 2.75) is 103 Å². The molecule has 1 aliphatic heterocycles. The molecule has 0 bridgehead atoms. The molecule has 1 heterocycles. The first-order chi connectivity index (χ1) is 16.0. The number of aliphatic hydroxyl groups excluding tert-OH is 2. The number of esters is 1. The number of rotatable bonds is 4. The van der Waals surface area contributed by atoms with Gasteiger partial charge in [-0.1, -0.05) is 25.5 Å². The van der Waals surface area contributed by atoms with Crippen LogP contribution in [0.15, 0.2) is 11.6 Å². The van der Waals surface area contributed by atoms with Crippen molar-refractivity contribution in [2.75, 3.05) is 6.61 Å². The van der Waals surface area contributed by atoms with Crippen molar-refractivity contribution in [3.8, 4) is 11.5 Å². The van der Waals surface area contributed by atoms with Crippen molar-refractivity contribution in [2.24, 2.45) is 5.92 Å². The second-order valence-corrected chi connectivity index (χ2v) is 10.6. The lowest BCUT2D eigenvalue weighted by molar-refractivity contribution is -0.250. The maximum Gasteiger partial charge on any atom is 0.303 e. The molecule has 0 unspecified atom stereocenters. The van der Waals surface area contributed by atoms with E-state index in [0.717, 1.165) is 30.4 Å². The zero-order valence-corrected chi connectivity index (χ0v) is 21.0. The van der Waals surface area contributed by atoms with Gasteiger partial charge in [-0.25, -0.2) is 0 Å². The fourth-order valence-corrected chi connectivity index (χ4v) is 6.24. The molecule has 8 atom stereocenters. The molecule has 188 valence electrons. The molecule has 7 nitrogen and oxygen atoms in total. The summed E-state index contributed by atoms with van der Waals surface area (Å²) in [6.45, 7) is 11.7. The topological polar surface area (TPSA) is 105 Å². The van der Waals surface area contributed by atoms with E-state index in [1.165, 1.54) is 23.6 Å². The van der Waals surface area contributed by atoms with Crippen LogP contribution in [0.25, 0.3) is 0 Å². The number of benzene rings is 1. The normalized spacial score (nSPS) is 34.7. The van der Waals surface area contributed by atoms with E-state index >= 15 is 0 Å². The number of hydrogen-bond donors (Lipinski definition) is 3. The van der Waals surface area contributed by atoms with Crippen LogP contribution in [0.2, 0.25) is 0 Å². The van der Waals surface area contributed by atoms with E-state index in [-0.39, 0.29) is 24.2 Å². The third-order valence-corrected chi connectivity index (χ3v) is 7.75. The summed E-state index contributed by atoms with van der Waals surface area (Å²) in [5.74, 6) is 1.08. The highest BCUT2D eigenvalue weighted by molar-refractivity contribution is 5.66. The smallest absolute Gasteiger partial charge is 0.303 e. The van der Waals surface area contributed by atoms with Gasteiger partial charge in [-0.05, 0) is 74.5 Å². The zero-order chi connectivity index (χ0) is 24.9. The maximum atomic E-state index is 11.7. The summed E-state index contributed by atoms with van der Waals surface area (Å²) in [5, 5.41) is 32.0. The van der Waals surface area contributed by atoms with Crippen LogP contribution in [0.5, 0.6) is 11.5 Å². The Morgan fingerprint density at radius 1 is 1.09 bits per heavy atom. The second-order valence-electron chi connectivity index (χ2n) is 10.6. The minimum absolute atomic E-state index is 0.101. The van der Waals surface area contributed by atoms with Gasteiger partial charge in [0.15, 0.2) is 17.6 Å². The van der Waals surface area contributed by atoms with Crippen molar-refractivity contribution in [1.82, 2.24) is 0 Å². The van der Waals surface area contributed by atoms with E-state index in [9.17, 15) is 20.1 Å². The molecule has 0 radical (unpaired) electrons. The first-order valence-corrected chi connectivity index (χ1v) is 12.4. The first-order valence-electron chi connectivity index (χ1n) is 12.4. The number of phenolic OH excluding ortho intramolecular Hbond substituents is 1. The van der Waals surface area contributed by atoms with Gasteiger partial charge in [0.05, 0.1) is 6.61 Å². The lowest BCUT2D eigenvalue weighted by Gasteiger charge is -2.44. The van der Waals surface area contributed by atoms with Crippen molar-refractivity contribution in [3.63, 3.8) is 0 Å². The van der Waals surface area contributed by atoms with Crippen LogP contribution in [0, 0.1) is 12.8 Å². The highest BCUT2D eigenvalue weighted by Crippen LogP contribution is 2.58. The van der Waals surface area contributed by atoms with E-state index in [0.29, 0.717) is 17.6 Å². The molecule has 2 aliphatic carbocycles. The molecule has 3 N–H and O–H groups in total. The number of carbonyl (C=O) groups is 1. The van der Waals surface area contributed by atoms with Crippen molar-refractivity contribution >= 4 is 5.97 Å². The van der Waals surface area contributed by atoms with Gasteiger partial charge in [-0.3, -0.25) is 4.79 Å². The van der Waals surface area contributed by atoms with Gasteiger partial charge >= 0.3 is 5.97 Å². The largest absolute Gasteiger partial charge is 0.504 e. The second kappa shape index (κ2) is 9.51. The fraction of sp³-hybridized carbons (Fsp3) is 0.667. The van der Waals surface area contributed by atoms with Crippen molar-refractivity contribution in [1.29, 1.82) is 0 Å². The van der Waals surface area contributed by atoms with Crippen LogP contribution < -0.4 is 4.74 Å². The fourth-order valence-electron chi connectivity index (χ4n) is 6.24. The summed E-state index contributed by atoms with van der Waals surface area (Å²) in [5.41, 5.74) is 5.49. The number of hydrogen-bond acceptors (Lipinski definition) is 7. The molecular formula is C27H38O7. The molecule has 0 saturated carbocycles. The van der Waals surface area contributed by atoms with Gasteiger partial charge in [0.25, 0.3) is 0 Å².